The summed E-state index contributed by atoms with van der Waals surface area (Å²) in [5, 5.41) is 4.84. The highest BCUT2D eigenvalue weighted by molar-refractivity contribution is 6.35. The first-order valence-corrected chi connectivity index (χ1v) is 7.85. The van der Waals surface area contributed by atoms with Gasteiger partial charge in [0.2, 0.25) is 0 Å². The predicted molar refractivity (Wildman–Crippen MR) is 89.6 cm³/mol. The summed E-state index contributed by atoms with van der Waals surface area (Å²) >= 11 is 12.1. The zero-order valence-electron chi connectivity index (χ0n) is 11.6. The zero-order valence-corrected chi connectivity index (χ0v) is 13.1. The Morgan fingerprint density at radius 3 is 2.38 bits per heavy atom. The third-order valence-corrected chi connectivity index (χ3v) is 4.14. The smallest absolute Gasteiger partial charge is 0.128 e. The van der Waals surface area contributed by atoms with Gasteiger partial charge in [-0.15, -0.1) is 0 Å². The Kier molecular flexibility index (Phi) is 4.51. The van der Waals surface area contributed by atoms with E-state index in [4.69, 9.17) is 23.2 Å². The number of hydrogen-bond donors (Lipinski definition) is 1. The molecule has 2 aromatic rings. The maximum atomic E-state index is 6.03. The zero-order chi connectivity index (χ0) is 14.7. The number of piperidine rings is 1. The van der Waals surface area contributed by atoms with Crippen molar-refractivity contribution in [1.82, 2.24) is 4.98 Å². The second-order valence-electron chi connectivity index (χ2n) is 5.25. The second kappa shape index (κ2) is 6.54. The first-order valence-electron chi connectivity index (χ1n) is 7.09. The van der Waals surface area contributed by atoms with Gasteiger partial charge in [0.25, 0.3) is 0 Å². The number of nitrogens with zero attached hydrogens (tertiary/aromatic N) is 2. The van der Waals surface area contributed by atoms with Crippen LogP contribution in [0.15, 0.2) is 42.6 Å². The number of benzene rings is 1. The quantitative estimate of drug-likeness (QED) is 0.904. The van der Waals surface area contributed by atoms with Crippen LogP contribution in [0.1, 0.15) is 12.8 Å². The molecule has 0 atom stereocenters. The van der Waals surface area contributed by atoms with Gasteiger partial charge >= 0.3 is 0 Å². The van der Waals surface area contributed by atoms with Gasteiger partial charge in [0, 0.05) is 41.1 Å². The van der Waals surface area contributed by atoms with Crippen LogP contribution in [0.4, 0.5) is 11.5 Å². The van der Waals surface area contributed by atoms with Gasteiger partial charge in [-0.3, -0.25) is 0 Å². The minimum absolute atomic E-state index is 0.444. The van der Waals surface area contributed by atoms with E-state index in [0.29, 0.717) is 16.1 Å². The van der Waals surface area contributed by atoms with Crippen molar-refractivity contribution in [2.24, 2.45) is 0 Å². The van der Waals surface area contributed by atoms with Crippen LogP contribution >= 0.6 is 23.2 Å². The largest absolute Gasteiger partial charge is 0.382 e. The number of halogens is 2. The Labute approximate surface area is 134 Å². The van der Waals surface area contributed by atoms with Crippen LogP contribution < -0.4 is 10.2 Å². The molecule has 0 spiro atoms. The fourth-order valence-electron chi connectivity index (χ4n) is 2.67. The van der Waals surface area contributed by atoms with Crippen LogP contribution in [0.2, 0.25) is 10.0 Å². The fourth-order valence-corrected chi connectivity index (χ4v) is 3.19. The van der Waals surface area contributed by atoms with Crippen LogP contribution in [0, 0.1) is 0 Å². The Morgan fingerprint density at radius 1 is 1.05 bits per heavy atom. The number of nitrogens with one attached hydrogen (secondary N) is 1. The van der Waals surface area contributed by atoms with Crippen LogP contribution in [0.5, 0.6) is 0 Å². The van der Waals surface area contributed by atoms with Gasteiger partial charge in [-0.2, -0.15) is 0 Å². The van der Waals surface area contributed by atoms with Crippen molar-refractivity contribution in [2.75, 3.05) is 23.3 Å². The minimum atomic E-state index is 0.444. The van der Waals surface area contributed by atoms with Crippen molar-refractivity contribution in [3.05, 3.63) is 52.6 Å². The average molecular weight is 322 g/mol. The first-order chi connectivity index (χ1) is 10.2. The topological polar surface area (TPSA) is 28.2 Å². The first kappa shape index (κ1) is 14.5. The van der Waals surface area contributed by atoms with E-state index in [2.05, 4.69) is 21.3 Å². The van der Waals surface area contributed by atoms with Gasteiger partial charge in [-0.25, -0.2) is 4.98 Å². The average Bonchev–Trinajstić information content (AvgIpc) is 2.48. The van der Waals surface area contributed by atoms with Gasteiger partial charge in [-0.1, -0.05) is 29.3 Å². The summed E-state index contributed by atoms with van der Waals surface area (Å²) in [5.41, 5.74) is 0.990. The second-order valence-corrected chi connectivity index (χ2v) is 6.12. The fraction of sp³-hybridized carbons (Fsp3) is 0.312. The summed E-state index contributed by atoms with van der Waals surface area (Å²) in [5.74, 6) is 1.06. The van der Waals surface area contributed by atoms with E-state index in [0.717, 1.165) is 37.4 Å². The molecule has 0 radical (unpaired) electrons. The van der Waals surface area contributed by atoms with Gasteiger partial charge in [0.05, 0.1) is 0 Å². The molecule has 1 aromatic carbocycles. The normalized spacial score (nSPS) is 16.0. The molecule has 1 fully saturated rings. The van der Waals surface area contributed by atoms with E-state index in [1.165, 1.54) is 0 Å². The number of hydrogen-bond acceptors (Lipinski definition) is 3. The van der Waals surface area contributed by atoms with Crippen molar-refractivity contribution in [3.8, 4) is 0 Å². The molecule has 0 unspecified atom stereocenters. The van der Waals surface area contributed by atoms with Gasteiger partial charge in [-0.05, 0) is 43.2 Å². The van der Waals surface area contributed by atoms with Crippen molar-refractivity contribution >= 4 is 34.7 Å². The van der Waals surface area contributed by atoms with E-state index in [1.807, 2.05) is 30.5 Å². The monoisotopic (exact) mass is 321 g/mol. The summed E-state index contributed by atoms with van der Waals surface area (Å²) in [7, 11) is 0. The maximum absolute atomic E-state index is 6.03. The molecule has 1 aliphatic rings. The molecular weight excluding hydrogens is 305 g/mol. The lowest BCUT2D eigenvalue weighted by atomic mass is 10.0. The van der Waals surface area contributed by atoms with Crippen molar-refractivity contribution in [2.45, 2.75) is 18.9 Å². The van der Waals surface area contributed by atoms with Gasteiger partial charge < -0.3 is 10.2 Å². The van der Waals surface area contributed by atoms with Gasteiger partial charge in [0.1, 0.15) is 5.82 Å². The van der Waals surface area contributed by atoms with Crippen LogP contribution in [0.3, 0.4) is 0 Å². The molecule has 1 saturated heterocycles. The molecule has 3 rings (SSSR count). The maximum Gasteiger partial charge on any atom is 0.128 e. The van der Waals surface area contributed by atoms with E-state index < -0.39 is 0 Å². The lowest BCUT2D eigenvalue weighted by Crippen LogP contribution is -2.39. The standard InChI is InChI=1S/C16H17Cl2N3/c17-12-9-13(18)11-15(10-12)20-14-4-7-21(8-5-14)16-3-1-2-6-19-16/h1-3,6,9-11,14,20H,4-5,7-8H2. The number of anilines is 2. The van der Waals surface area contributed by atoms with Crippen molar-refractivity contribution in [3.63, 3.8) is 0 Å². The van der Waals surface area contributed by atoms with E-state index in [1.54, 1.807) is 6.07 Å². The Bertz CT molecular complexity index is 575. The Morgan fingerprint density at radius 2 is 1.76 bits per heavy atom. The molecule has 3 nitrogen and oxygen atoms in total. The summed E-state index contributed by atoms with van der Waals surface area (Å²) in [6.07, 6.45) is 3.98. The number of pyridine rings is 1. The van der Waals surface area contributed by atoms with E-state index in [9.17, 15) is 0 Å². The highest BCUT2D eigenvalue weighted by atomic mass is 35.5. The lowest BCUT2D eigenvalue weighted by molar-refractivity contribution is 0.523. The molecule has 21 heavy (non-hydrogen) atoms. The number of rotatable bonds is 3. The molecule has 0 saturated carbocycles. The molecule has 0 aliphatic carbocycles. The highest BCUT2D eigenvalue weighted by Gasteiger charge is 2.19. The minimum Gasteiger partial charge on any atom is -0.382 e. The van der Waals surface area contributed by atoms with Crippen molar-refractivity contribution < 1.29 is 0 Å². The molecule has 1 N–H and O–H groups in total. The summed E-state index contributed by atoms with van der Waals surface area (Å²) in [6, 6.07) is 12.1. The Hall–Kier alpha value is -1.45. The molecule has 5 heteroatoms. The molecule has 110 valence electrons. The molecular formula is C16H17Cl2N3. The summed E-state index contributed by atoms with van der Waals surface area (Å²) in [4.78, 5) is 6.73. The lowest BCUT2D eigenvalue weighted by Gasteiger charge is -2.33. The molecule has 0 amide bonds. The van der Waals surface area contributed by atoms with Crippen LogP contribution in [-0.4, -0.2) is 24.1 Å². The van der Waals surface area contributed by atoms with E-state index >= 15 is 0 Å². The SMILES string of the molecule is Clc1cc(Cl)cc(NC2CCN(c3ccccn3)CC2)c1. The van der Waals surface area contributed by atoms with Crippen LogP contribution in [0.25, 0.3) is 0 Å². The third kappa shape index (κ3) is 3.80. The van der Waals surface area contributed by atoms with Crippen LogP contribution in [-0.2, 0) is 0 Å². The molecule has 1 aliphatic heterocycles. The summed E-state index contributed by atoms with van der Waals surface area (Å²) in [6.45, 7) is 2.01. The molecule has 0 bridgehead atoms. The molecule has 1 aromatic heterocycles. The van der Waals surface area contributed by atoms with Gasteiger partial charge in [0.15, 0.2) is 0 Å². The molecule has 2 heterocycles. The third-order valence-electron chi connectivity index (χ3n) is 3.70. The van der Waals surface area contributed by atoms with E-state index in [-0.39, 0.29) is 0 Å². The number of aromatic nitrogens is 1. The Balaban J connectivity index is 1.58. The highest BCUT2D eigenvalue weighted by Crippen LogP contribution is 2.25. The summed E-state index contributed by atoms with van der Waals surface area (Å²) < 4.78 is 0. The predicted octanol–water partition coefficient (Wildman–Crippen LogP) is 4.47. The van der Waals surface area contributed by atoms with Crippen molar-refractivity contribution in [1.29, 1.82) is 0 Å².